The Balaban J connectivity index is 1.74. The fourth-order valence-corrected chi connectivity index (χ4v) is 3.51. The molecule has 0 bridgehead atoms. The van der Waals surface area contributed by atoms with Gasteiger partial charge in [-0.1, -0.05) is 23.7 Å². The average molecular weight is 437 g/mol. The van der Waals surface area contributed by atoms with Crippen LogP contribution in [0.4, 0.5) is 5.69 Å². The fraction of sp³-hybridized carbons (Fsp3) is 0.174. The highest BCUT2D eigenvalue weighted by Gasteiger charge is 2.20. The number of nitrogens with zero attached hydrogens (tertiary/aromatic N) is 3. The van der Waals surface area contributed by atoms with Gasteiger partial charge in [0.05, 0.1) is 36.2 Å². The number of amides is 1. The summed E-state index contributed by atoms with van der Waals surface area (Å²) in [5.74, 6) is 0.447. The maximum Gasteiger partial charge on any atom is 0.259 e. The molecule has 0 atom stereocenters. The molecule has 2 aromatic carbocycles. The number of aryl methyl sites for hydroxylation is 1. The lowest BCUT2D eigenvalue weighted by atomic mass is 10.1. The van der Waals surface area contributed by atoms with Crippen molar-refractivity contribution in [1.82, 2.24) is 14.6 Å². The lowest BCUT2D eigenvalue weighted by Crippen LogP contribution is -2.16. The number of benzene rings is 2. The van der Waals surface area contributed by atoms with E-state index < -0.39 is 0 Å². The molecule has 0 saturated heterocycles. The first-order valence-electron chi connectivity index (χ1n) is 9.59. The minimum atomic E-state index is -0.270. The molecule has 0 aliphatic heterocycles. The van der Waals surface area contributed by atoms with Crippen molar-refractivity contribution in [1.29, 1.82) is 0 Å². The van der Waals surface area contributed by atoms with Gasteiger partial charge in [0.15, 0.2) is 5.65 Å². The van der Waals surface area contributed by atoms with Crippen LogP contribution in [0, 0.1) is 6.92 Å². The maximum absolute atomic E-state index is 12.9. The van der Waals surface area contributed by atoms with Gasteiger partial charge < -0.3 is 14.8 Å². The molecule has 4 aromatic rings. The number of aromatic nitrogens is 3. The van der Waals surface area contributed by atoms with Crippen molar-refractivity contribution < 1.29 is 14.3 Å². The molecule has 1 amide bonds. The molecular formula is C23H21ClN4O3. The Morgan fingerprint density at radius 2 is 1.81 bits per heavy atom. The summed E-state index contributed by atoms with van der Waals surface area (Å²) >= 11 is 6.04. The first kappa shape index (κ1) is 20.8. The Hall–Kier alpha value is -3.42. The van der Waals surface area contributed by atoms with E-state index in [4.69, 9.17) is 21.1 Å². The van der Waals surface area contributed by atoms with E-state index in [2.05, 4.69) is 15.4 Å². The molecule has 4 rings (SSSR count). The number of halogens is 1. The molecule has 0 aliphatic rings. The number of carbonyl (C=O) groups excluding carboxylic acids is 1. The van der Waals surface area contributed by atoms with E-state index in [9.17, 15) is 4.79 Å². The minimum Gasteiger partial charge on any atom is -0.497 e. The van der Waals surface area contributed by atoms with Crippen molar-refractivity contribution in [3.05, 3.63) is 76.7 Å². The van der Waals surface area contributed by atoms with Gasteiger partial charge in [-0.3, -0.25) is 4.79 Å². The summed E-state index contributed by atoms with van der Waals surface area (Å²) in [7, 11) is 3.21. The van der Waals surface area contributed by atoms with E-state index in [0.717, 1.165) is 16.8 Å². The third-order valence-corrected chi connectivity index (χ3v) is 5.22. The second-order valence-electron chi connectivity index (χ2n) is 6.94. The lowest BCUT2D eigenvalue weighted by molar-refractivity contribution is 0.102. The largest absolute Gasteiger partial charge is 0.497 e. The van der Waals surface area contributed by atoms with Crippen LogP contribution >= 0.6 is 11.6 Å². The first-order valence-corrected chi connectivity index (χ1v) is 9.97. The van der Waals surface area contributed by atoms with Gasteiger partial charge in [0.1, 0.15) is 5.75 Å². The van der Waals surface area contributed by atoms with Gasteiger partial charge >= 0.3 is 0 Å². The number of carbonyl (C=O) groups is 1. The van der Waals surface area contributed by atoms with E-state index >= 15 is 0 Å². The topological polar surface area (TPSA) is 77.8 Å². The summed E-state index contributed by atoms with van der Waals surface area (Å²) in [6, 6.07) is 14.6. The highest BCUT2D eigenvalue weighted by molar-refractivity contribution is 6.30. The van der Waals surface area contributed by atoms with E-state index in [1.807, 2.05) is 31.2 Å². The number of fused-ring (bicyclic) bond motifs is 1. The SMILES string of the molecule is COCc1nn2c(C)c(C(=O)Nc3ccc(OC)cc3)cnc2c1-c1ccc(Cl)cc1. The zero-order valence-electron chi connectivity index (χ0n) is 17.3. The van der Waals surface area contributed by atoms with Crippen LogP contribution < -0.4 is 10.1 Å². The lowest BCUT2D eigenvalue weighted by Gasteiger charge is -2.09. The molecule has 158 valence electrons. The smallest absolute Gasteiger partial charge is 0.259 e. The molecule has 0 fully saturated rings. The summed E-state index contributed by atoms with van der Waals surface area (Å²) in [6.45, 7) is 2.15. The van der Waals surface area contributed by atoms with Crippen LogP contribution in [-0.4, -0.2) is 34.7 Å². The highest BCUT2D eigenvalue weighted by Crippen LogP contribution is 2.30. The minimum absolute atomic E-state index is 0.270. The zero-order valence-corrected chi connectivity index (χ0v) is 18.1. The highest BCUT2D eigenvalue weighted by atomic mass is 35.5. The second-order valence-corrected chi connectivity index (χ2v) is 7.37. The number of nitrogens with one attached hydrogen (secondary N) is 1. The second kappa shape index (κ2) is 8.75. The molecule has 7 nitrogen and oxygen atoms in total. The molecule has 8 heteroatoms. The van der Waals surface area contributed by atoms with Gasteiger partial charge in [-0.15, -0.1) is 0 Å². The molecule has 0 aliphatic carbocycles. The van der Waals surface area contributed by atoms with Crippen LogP contribution in [0.2, 0.25) is 5.02 Å². The van der Waals surface area contributed by atoms with Gasteiger partial charge in [-0.05, 0) is 48.9 Å². The molecule has 0 spiro atoms. The quantitative estimate of drug-likeness (QED) is 0.471. The van der Waals surface area contributed by atoms with Crippen molar-refractivity contribution in [2.75, 3.05) is 19.5 Å². The number of rotatable bonds is 6. The Labute approximate surface area is 184 Å². The van der Waals surface area contributed by atoms with Crippen molar-refractivity contribution in [3.63, 3.8) is 0 Å². The number of hydrogen-bond donors (Lipinski definition) is 1. The van der Waals surface area contributed by atoms with Crippen LogP contribution in [0.5, 0.6) is 5.75 Å². The third-order valence-electron chi connectivity index (χ3n) is 4.96. The van der Waals surface area contributed by atoms with Gasteiger partial charge in [-0.25, -0.2) is 9.50 Å². The number of methoxy groups -OCH3 is 2. The Morgan fingerprint density at radius 1 is 1.10 bits per heavy atom. The van der Waals surface area contributed by atoms with Crippen molar-refractivity contribution >= 4 is 28.8 Å². The monoisotopic (exact) mass is 436 g/mol. The molecule has 31 heavy (non-hydrogen) atoms. The van der Waals surface area contributed by atoms with E-state index in [-0.39, 0.29) is 5.91 Å². The van der Waals surface area contributed by atoms with E-state index in [1.165, 1.54) is 0 Å². The third kappa shape index (κ3) is 4.10. The number of ether oxygens (including phenoxy) is 2. The number of hydrogen-bond acceptors (Lipinski definition) is 5. The van der Waals surface area contributed by atoms with E-state index in [1.54, 1.807) is 49.2 Å². The Bertz CT molecular complexity index is 1230. The molecule has 0 saturated carbocycles. The molecular weight excluding hydrogens is 416 g/mol. The predicted octanol–water partition coefficient (Wildman–Crippen LogP) is 4.77. The zero-order chi connectivity index (χ0) is 22.0. The molecule has 1 N–H and O–H groups in total. The van der Waals surface area contributed by atoms with Gasteiger partial charge in [0.2, 0.25) is 0 Å². The van der Waals surface area contributed by atoms with Crippen LogP contribution in [0.1, 0.15) is 21.7 Å². The van der Waals surface area contributed by atoms with E-state index in [0.29, 0.717) is 40.0 Å². The normalized spacial score (nSPS) is 11.0. The maximum atomic E-state index is 12.9. The van der Waals surface area contributed by atoms with Crippen molar-refractivity contribution in [2.24, 2.45) is 0 Å². The summed E-state index contributed by atoms with van der Waals surface area (Å²) < 4.78 is 12.2. The first-order chi connectivity index (χ1) is 15.0. The van der Waals surface area contributed by atoms with Crippen molar-refractivity contribution in [2.45, 2.75) is 13.5 Å². The summed E-state index contributed by atoms with van der Waals surface area (Å²) in [5, 5.41) is 8.21. The van der Waals surface area contributed by atoms with Gasteiger partial charge in [-0.2, -0.15) is 5.10 Å². The van der Waals surface area contributed by atoms with Crippen LogP contribution in [-0.2, 0) is 11.3 Å². The Morgan fingerprint density at radius 3 is 2.45 bits per heavy atom. The van der Waals surface area contributed by atoms with Crippen LogP contribution in [0.3, 0.4) is 0 Å². The molecule has 2 aromatic heterocycles. The molecule has 0 unspecified atom stereocenters. The molecule has 2 heterocycles. The standard InChI is InChI=1S/C23H21ClN4O3/c1-14-19(23(29)26-17-8-10-18(31-3)11-9-17)12-25-22-21(15-4-6-16(24)7-5-15)20(13-30-2)27-28(14)22/h4-12H,13H2,1-3H3,(H,26,29). The van der Waals surface area contributed by atoms with Crippen LogP contribution in [0.25, 0.3) is 16.8 Å². The number of anilines is 1. The Kier molecular flexibility index (Phi) is 5.88. The average Bonchev–Trinajstić information content (AvgIpc) is 3.14. The summed E-state index contributed by atoms with van der Waals surface area (Å²) in [4.78, 5) is 17.5. The molecule has 0 radical (unpaired) electrons. The summed E-state index contributed by atoms with van der Waals surface area (Å²) in [5.41, 5.74) is 4.91. The predicted molar refractivity (Wildman–Crippen MR) is 120 cm³/mol. The fourth-order valence-electron chi connectivity index (χ4n) is 3.39. The van der Waals surface area contributed by atoms with Gasteiger partial charge in [0.25, 0.3) is 5.91 Å². The van der Waals surface area contributed by atoms with Crippen molar-refractivity contribution in [3.8, 4) is 16.9 Å². The summed E-state index contributed by atoms with van der Waals surface area (Å²) in [6.07, 6.45) is 1.57. The van der Waals surface area contributed by atoms with Crippen LogP contribution in [0.15, 0.2) is 54.7 Å². The van der Waals surface area contributed by atoms with Gasteiger partial charge in [0, 0.05) is 24.0 Å².